The third-order valence-electron chi connectivity index (χ3n) is 18.4. The van der Waals surface area contributed by atoms with Crippen LogP contribution in [0.4, 0.5) is 0 Å². The molecule has 12 N–H and O–H groups in total. The standard InChI is InChI=1S/C48H80O19/c1-21(9-13-31(45(4,5)61)67-43-40(60)37(57)34(54)27(65-43)20-62-41-38(58)35(55)32(52)25(18-49)63-41)22-15-16-46(6)28-12-10-23-24(48(28,8)29(51)17-47(22,46)7)11-14-30(44(23,2)3)66-42-39(59)36(56)33(53)26(19-50)64-42/h10,21-22,24-28,30-43,49-50,52-61H,9,11-20H2,1-8H3. The molecule has 0 bridgehead atoms. The lowest BCUT2D eigenvalue weighted by molar-refractivity contribution is -0.341. The zero-order valence-corrected chi connectivity index (χ0v) is 40.2. The van der Waals surface area contributed by atoms with Gasteiger partial charge in [0.05, 0.1) is 37.6 Å². The highest BCUT2D eigenvalue weighted by molar-refractivity contribution is 5.88. The molecule has 67 heavy (non-hydrogen) atoms. The summed E-state index contributed by atoms with van der Waals surface area (Å²) in [5, 5.41) is 126. The maximum Gasteiger partial charge on any atom is 0.187 e. The van der Waals surface area contributed by atoms with E-state index >= 15 is 4.79 Å². The van der Waals surface area contributed by atoms with Gasteiger partial charge in [0.15, 0.2) is 18.9 Å². The number of rotatable bonds is 14. The molecule has 3 saturated heterocycles. The molecule has 6 fully saturated rings. The van der Waals surface area contributed by atoms with Gasteiger partial charge in [0.1, 0.15) is 79.0 Å². The summed E-state index contributed by atoms with van der Waals surface area (Å²) in [6.07, 6.45) is -16.8. The van der Waals surface area contributed by atoms with Crippen molar-refractivity contribution in [1.29, 1.82) is 0 Å². The quantitative estimate of drug-likeness (QED) is 0.0944. The lowest BCUT2D eigenvalue weighted by atomic mass is 9.38. The van der Waals surface area contributed by atoms with Gasteiger partial charge in [-0.05, 0) is 93.3 Å². The fraction of sp³-hybridized carbons (Fsp3) is 0.938. The Bertz CT molecular complexity index is 1750. The van der Waals surface area contributed by atoms with Gasteiger partial charge in [-0.15, -0.1) is 0 Å². The maximum atomic E-state index is 15.0. The number of ketones is 1. The smallest absolute Gasteiger partial charge is 0.187 e. The molecule has 386 valence electrons. The van der Waals surface area contributed by atoms with E-state index in [-0.39, 0.29) is 40.3 Å². The first-order valence-corrected chi connectivity index (χ1v) is 24.4. The maximum absolute atomic E-state index is 15.0. The van der Waals surface area contributed by atoms with E-state index < -0.39 is 141 Å². The van der Waals surface area contributed by atoms with Crippen molar-refractivity contribution in [2.75, 3.05) is 19.8 Å². The Hall–Kier alpha value is -1.31. The van der Waals surface area contributed by atoms with Gasteiger partial charge in [0.25, 0.3) is 0 Å². The number of carbonyl (C=O) groups is 1. The number of hydrogen-bond acceptors (Lipinski definition) is 19. The number of ether oxygens (including phenoxy) is 6. The second-order valence-electron chi connectivity index (χ2n) is 22.9. The van der Waals surface area contributed by atoms with E-state index in [0.29, 0.717) is 38.5 Å². The normalized spacial score (nSPS) is 49.9. The van der Waals surface area contributed by atoms with Gasteiger partial charge >= 0.3 is 0 Å². The first-order chi connectivity index (χ1) is 31.2. The zero-order chi connectivity index (χ0) is 49.5. The van der Waals surface area contributed by atoms with E-state index in [1.165, 1.54) is 0 Å². The second kappa shape index (κ2) is 19.6. The van der Waals surface area contributed by atoms with Gasteiger partial charge in [-0.3, -0.25) is 4.79 Å². The number of hydrogen-bond donors (Lipinski definition) is 12. The van der Waals surface area contributed by atoms with Crippen LogP contribution in [0.3, 0.4) is 0 Å². The predicted octanol–water partition coefficient (Wildman–Crippen LogP) is -0.848. The van der Waals surface area contributed by atoms with Gasteiger partial charge in [-0.1, -0.05) is 53.2 Å². The predicted molar refractivity (Wildman–Crippen MR) is 234 cm³/mol. The van der Waals surface area contributed by atoms with E-state index in [1.807, 2.05) is 0 Å². The molecule has 4 aliphatic carbocycles. The number of fused-ring (bicyclic) bond motifs is 5. The van der Waals surface area contributed by atoms with Crippen LogP contribution >= 0.6 is 0 Å². The number of aliphatic hydroxyl groups excluding tert-OH is 11. The highest BCUT2D eigenvalue weighted by Gasteiger charge is 2.70. The molecule has 19 nitrogen and oxygen atoms in total. The van der Waals surface area contributed by atoms with Crippen molar-refractivity contribution in [3.8, 4) is 0 Å². The summed E-state index contributed by atoms with van der Waals surface area (Å²) in [6, 6.07) is 0. The number of carbonyl (C=O) groups excluding carboxylic acids is 1. The van der Waals surface area contributed by atoms with Crippen LogP contribution in [-0.2, 0) is 33.2 Å². The summed E-state index contributed by atoms with van der Waals surface area (Å²) >= 11 is 0. The van der Waals surface area contributed by atoms with E-state index in [0.717, 1.165) is 18.4 Å². The van der Waals surface area contributed by atoms with Crippen molar-refractivity contribution in [2.45, 2.75) is 217 Å². The molecule has 3 aliphatic heterocycles. The van der Waals surface area contributed by atoms with Crippen LogP contribution in [-0.4, -0.2) is 197 Å². The van der Waals surface area contributed by atoms with Crippen LogP contribution in [0.5, 0.6) is 0 Å². The summed E-state index contributed by atoms with van der Waals surface area (Å²) in [7, 11) is 0. The Balaban J connectivity index is 1.02. The molecule has 3 heterocycles. The monoisotopic (exact) mass is 961 g/mol. The van der Waals surface area contributed by atoms with Gasteiger partial charge in [-0.2, -0.15) is 0 Å². The van der Waals surface area contributed by atoms with Crippen molar-refractivity contribution >= 4 is 5.78 Å². The minimum absolute atomic E-state index is 0.0400. The first-order valence-electron chi connectivity index (χ1n) is 24.4. The van der Waals surface area contributed by atoms with Crippen molar-refractivity contribution in [2.24, 2.45) is 45.3 Å². The van der Waals surface area contributed by atoms with Crippen molar-refractivity contribution in [3.63, 3.8) is 0 Å². The molecule has 24 unspecified atom stereocenters. The molecule has 3 saturated carbocycles. The average molecular weight is 961 g/mol. The molecular formula is C48H80O19. The Morgan fingerprint density at radius 1 is 0.701 bits per heavy atom. The lowest BCUT2D eigenvalue weighted by Crippen LogP contribution is -2.64. The van der Waals surface area contributed by atoms with Gasteiger partial charge in [-0.25, -0.2) is 0 Å². The van der Waals surface area contributed by atoms with Gasteiger partial charge in [0.2, 0.25) is 0 Å². The van der Waals surface area contributed by atoms with Crippen LogP contribution in [0.25, 0.3) is 0 Å². The summed E-state index contributed by atoms with van der Waals surface area (Å²) in [4.78, 5) is 15.0. The average Bonchev–Trinajstić information content (AvgIpc) is 3.54. The Morgan fingerprint density at radius 2 is 1.24 bits per heavy atom. The Labute approximate surface area is 393 Å². The molecule has 0 amide bonds. The van der Waals surface area contributed by atoms with Crippen molar-refractivity contribution < 1.29 is 94.5 Å². The molecule has 0 aromatic rings. The van der Waals surface area contributed by atoms with E-state index in [9.17, 15) is 61.3 Å². The number of Topliss-reactive ketones (excluding diaryl/α,β-unsaturated/α-hetero) is 1. The topological polar surface area (TPSA) is 315 Å². The van der Waals surface area contributed by atoms with Crippen LogP contribution in [0, 0.1) is 45.3 Å². The van der Waals surface area contributed by atoms with Crippen molar-refractivity contribution in [1.82, 2.24) is 0 Å². The number of allylic oxidation sites excluding steroid dienone is 1. The third-order valence-corrected chi connectivity index (χ3v) is 18.4. The molecule has 0 aromatic heterocycles. The Kier molecular flexibility index (Phi) is 15.7. The van der Waals surface area contributed by atoms with Gasteiger partial charge in [0, 0.05) is 17.3 Å². The highest BCUT2D eigenvalue weighted by atomic mass is 16.7. The molecule has 24 atom stereocenters. The first kappa shape index (κ1) is 53.5. The van der Waals surface area contributed by atoms with Crippen LogP contribution in [0.1, 0.15) is 107 Å². The molecular weight excluding hydrogens is 881 g/mol. The summed E-state index contributed by atoms with van der Waals surface area (Å²) < 4.78 is 35.3. The van der Waals surface area contributed by atoms with Crippen LogP contribution < -0.4 is 0 Å². The highest BCUT2D eigenvalue weighted by Crippen LogP contribution is 2.74. The second-order valence-corrected chi connectivity index (χ2v) is 22.9. The van der Waals surface area contributed by atoms with Crippen molar-refractivity contribution in [3.05, 3.63) is 11.6 Å². The number of aliphatic hydroxyl groups is 12. The fourth-order valence-electron chi connectivity index (χ4n) is 13.9. The lowest BCUT2D eigenvalue weighted by Gasteiger charge is -2.65. The molecule has 0 aromatic carbocycles. The minimum atomic E-state index is -1.76. The third kappa shape index (κ3) is 9.15. The summed E-state index contributed by atoms with van der Waals surface area (Å²) in [5.74, 6) is 0.485. The van der Waals surface area contributed by atoms with E-state index in [4.69, 9.17) is 28.4 Å². The summed E-state index contributed by atoms with van der Waals surface area (Å²) in [6.45, 7) is 14.5. The summed E-state index contributed by atoms with van der Waals surface area (Å²) in [5.41, 5.74) is -2.07. The minimum Gasteiger partial charge on any atom is -0.394 e. The zero-order valence-electron chi connectivity index (χ0n) is 40.2. The molecule has 19 heteroatoms. The van der Waals surface area contributed by atoms with E-state index in [1.54, 1.807) is 13.8 Å². The molecule has 7 rings (SSSR count). The van der Waals surface area contributed by atoms with Gasteiger partial charge < -0.3 is 89.7 Å². The van der Waals surface area contributed by atoms with E-state index in [2.05, 4.69) is 47.6 Å². The Morgan fingerprint density at radius 3 is 1.82 bits per heavy atom. The molecule has 0 radical (unpaired) electrons. The van der Waals surface area contributed by atoms with Crippen LogP contribution in [0.15, 0.2) is 11.6 Å². The molecule has 7 aliphatic rings. The SMILES string of the molecule is CC(CCC(OC1OC(COC2OC(CO)C(O)C(O)C2O)C(O)C(O)C1O)C(C)(C)O)C1CCC2(C)C3CC=C4C(CCC(OC5OC(CO)C(O)C(O)C5O)C4(C)C)C3(C)C(=O)CC12C. The fourth-order valence-corrected chi connectivity index (χ4v) is 13.9. The molecule has 0 spiro atoms. The largest absolute Gasteiger partial charge is 0.394 e. The van der Waals surface area contributed by atoms with Crippen LogP contribution in [0.2, 0.25) is 0 Å².